The summed E-state index contributed by atoms with van der Waals surface area (Å²) >= 11 is 0. The maximum Gasteiger partial charge on any atom is 0.424 e. The third-order valence-electron chi connectivity index (χ3n) is 3.89. The van der Waals surface area contributed by atoms with E-state index in [0.29, 0.717) is 12.1 Å². The number of hydrogen-bond donors (Lipinski definition) is 1. The summed E-state index contributed by atoms with van der Waals surface area (Å²) in [5, 5.41) is 2.67. The fourth-order valence-electron chi connectivity index (χ4n) is 2.75. The van der Waals surface area contributed by atoms with Crippen LogP contribution in [0.2, 0.25) is 0 Å². The number of amides is 1. The van der Waals surface area contributed by atoms with Crippen molar-refractivity contribution in [3.63, 3.8) is 0 Å². The van der Waals surface area contributed by atoms with Crippen molar-refractivity contribution in [1.29, 1.82) is 0 Å². The second kappa shape index (κ2) is 7.43. The maximum absolute atomic E-state index is 12.3. The van der Waals surface area contributed by atoms with Crippen LogP contribution in [0.3, 0.4) is 0 Å². The smallest absolute Gasteiger partial charge is 0.424 e. The first kappa shape index (κ1) is 20.7. The second-order valence-electron chi connectivity index (χ2n) is 7.43. The Kier molecular flexibility index (Phi) is 5.31. The standard InChI is InChI=1S/C19H22N2O7S/c1-5-8-29(24,25)12-6-7-13-15(9-12)26-11-14-16(27-18(23)21(13)14)10-20-17(22)28-19(2,3)4/h6-7,9-11H,5,8H2,1-4H3,(H,20,22)/b16-10-. The summed E-state index contributed by atoms with van der Waals surface area (Å²) in [6, 6.07) is 4.28. The van der Waals surface area contributed by atoms with Crippen LogP contribution in [-0.2, 0) is 14.6 Å². The predicted octanol–water partition coefficient (Wildman–Crippen LogP) is 1.01. The highest BCUT2D eigenvalue weighted by Gasteiger charge is 2.22. The Balaban J connectivity index is 1.98. The number of nitrogens with zero attached hydrogens (tertiary/aromatic N) is 1. The largest absolute Gasteiger partial charge is 0.460 e. The number of carbonyl (C=O) groups excluding carboxylic acids is 1. The number of aromatic nitrogens is 1. The molecule has 1 aliphatic heterocycles. The van der Waals surface area contributed by atoms with Gasteiger partial charge < -0.3 is 13.9 Å². The van der Waals surface area contributed by atoms with E-state index in [9.17, 15) is 18.0 Å². The molecule has 1 amide bonds. The molecule has 0 saturated carbocycles. The van der Waals surface area contributed by atoms with Gasteiger partial charge >= 0.3 is 11.8 Å². The van der Waals surface area contributed by atoms with Crippen molar-refractivity contribution < 1.29 is 27.1 Å². The van der Waals surface area contributed by atoms with Crippen molar-refractivity contribution in [2.24, 2.45) is 0 Å². The number of carbonyl (C=O) groups is 1. The van der Waals surface area contributed by atoms with E-state index in [1.807, 2.05) is 0 Å². The van der Waals surface area contributed by atoms with Crippen LogP contribution in [0.4, 0.5) is 4.79 Å². The lowest BCUT2D eigenvalue weighted by molar-refractivity contribution is 0.0560. The van der Waals surface area contributed by atoms with Crippen molar-refractivity contribution in [3.05, 3.63) is 39.5 Å². The Labute approximate surface area is 167 Å². The normalized spacial score (nSPS) is 13.7. The predicted molar refractivity (Wildman–Crippen MR) is 105 cm³/mol. The summed E-state index contributed by atoms with van der Waals surface area (Å²) < 4.78 is 41.6. The van der Waals surface area contributed by atoms with E-state index >= 15 is 0 Å². The Bertz CT molecular complexity index is 1230. The number of ether oxygens (including phenoxy) is 2. The number of rotatable bonds is 4. The van der Waals surface area contributed by atoms with Crippen LogP contribution >= 0.6 is 0 Å². The lowest BCUT2D eigenvalue weighted by Gasteiger charge is -2.18. The number of sulfone groups is 1. The van der Waals surface area contributed by atoms with Gasteiger partial charge in [0.25, 0.3) is 0 Å². The number of benzene rings is 1. The summed E-state index contributed by atoms with van der Waals surface area (Å²) in [6.45, 7) is 6.95. The minimum atomic E-state index is -3.43. The van der Waals surface area contributed by atoms with Gasteiger partial charge in [-0.25, -0.2) is 22.6 Å². The van der Waals surface area contributed by atoms with Crippen molar-refractivity contribution >= 4 is 28.4 Å². The Hall–Kier alpha value is -3.01. The van der Waals surface area contributed by atoms with Gasteiger partial charge in [0.2, 0.25) is 0 Å². The van der Waals surface area contributed by atoms with Crippen LogP contribution in [0.15, 0.2) is 32.3 Å². The number of hydrogen-bond acceptors (Lipinski definition) is 7. The van der Waals surface area contributed by atoms with Crippen molar-refractivity contribution in [3.8, 4) is 11.4 Å². The fourth-order valence-corrected chi connectivity index (χ4v) is 4.08. The van der Waals surface area contributed by atoms with Crippen LogP contribution in [0.5, 0.6) is 5.75 Å². The Morgan fingerprint density at radius 3 is 2.69 bits per heavy atom. The van der Waals surface area contributed by atoms with Gasteiger partial charge in [-0.05, 0) is 39.3 Å². The number of fused-ring (bicyclic) bond motifs is 3. The van der Waals surface area contributed by atoms with E-state index in [1.54, 1.807) is 27.7 Å². The summed E-state index contributed by atoms with van der Waals surface area (Å²) in [5.74, 6) is -0.478. The molecule has 3 rings (SSSR count). The maximum atomic E-state index is 12.3. The molecule has 0 fully saturated rings. The molecule has 0 atom stereocenters. The minimum absolute atomic E-state index is 0.0157. The molecule has 10 heteroatoms. The van der Waals surface area contributed by atoms with E-state index in [1.165, 1.54) is 35.2 Å². The van der Waals surface area contributed by atoms with E-state index in [2.05, 4.69) is 5.32 Å². The lowest BCUT2D eigenvalue weighted by Crippen LogP contribution is -2.36. The zero-order chi connectivity index (χ0) is 21.4. The Morgan fingerprint density at radius 1 is 1.31 bits per heavy atom. The van der Waals surface area contributed by atoms with Crippen LogP contribution in [0.1, 0.15) is 34.1 Å². The molecular weight excluding hydrogens is 400 g/mol. The van der Waals surface area contributed by atoms with Crippen LogP contribution in [0, 0.1) is 0 Å². The van der Waals surface area contributed by atoms with Crippen LogP contribution < -0.4 is 26.6 Å². The highest BCUT2D eigenvalue weighted by molar-refractivity contribution is 7.91. The summed E-state index contributed by atoms with van der Waals surface area (Å²) in [4.78, 5) is 24.3. The monoisotopic (exact) mass is 422 g/mol. The van der Waals surface area contributed by atoms with Gasteiger partial charge in [-0.1, -0.05) is 6.92 Å². The third-order valence-corrected chi connectivity index (χ3v) is 5.81. The summed E-state index contributed by atoms with van der Waals surface area (Å²) in [6.07, 6.45) is 2.24. The third kappa shape index (κ3) is 4.37. The molecule has 156 valence electrons. The fraction of sp³-hybridized carbons (Fsp3) is 0.368. The van der Waals surface area contributed by atoms with Gasteiger partial charge in [0.1, 0.15) is 17.2 Å². The molecule has 1 aromatic carbocycles. The quantitative estimate of drug-likeness (QED) is 0.781. The molecule has 0 radical (unpaired) electrons. The molecule has 2 heterocycles. The molecule has 29 heavy (non-hydrogen) atoms. The zero-order valence-electron chi connectivity index (χ0n) is 16.5. The molecule has 0 bridgehead atoms. The number of alkyl carbamates (subject to hydrolysis) is 1. The van der Waals surface area contributed by atoms with E-state index in [-0.39, 0.29) is 27.2 Å². The molecule has 0 spiro atoms. The summed E-state index contributed by atoms with van der Waals surface area (Å²) in [5.41, 5.74) is -0.277. The van der Waals surface area contributed by atoms with Crippen LogP contribution in [0.25, 0.3) is 18.1 Å². The first-order valence-electron chi connectivity index (χ1n) is 8.97. The molecule has 1 N–H and O–H groups in total. The van der Waals surface area contributed by atoms with E-state index in [0.717, 1.165) is 0 Å². The number of oxazole rings is 1. The van der Waals surface area contributed by atoms with Gasteiger partial charge in [-0.2, -0.15) is 0 Å². The molecule has 0 saturated heterocycles. The molecule has 0 unspecified atom stereocenters. The van der Waals surface area contributed by atoms with Gasteiger partial charge in [0.05, 0.1) is 22.5 Å². The van der Waals surface area contributed by atoms with Gasteiger partial charge in [-0.3, -0.25) is 5.32 Å². The average Bonchev–Trinajstić information content (AvgIpc) is 2.94. The van der Waals surface area contributed by atoms with Crippen molar-refractivity contribution in [2.45, 2.75) is 44.6 Å². The molecule has 2 aromatic rings. The SMILES string of the molecule is CCCS(=O)(=O)c1ccc2c(c1)OC=c1/c(=C/NC(=O)OC(C)(C)C)oc(=O)n1-2. The minimum Gasteiger partial charge on any atom is -0.460 e. The molecule has 0 aliphatic carbocycles. The van der Waals surface area contributed by atoms with Crippen LogP contribution in [-0.4, -0.2) is 30.4 Å². The van der Waals surface area contributed by atoms with Gasteiger partial charge in [0.15, 0.2) is 21.0 Å². The number of nitrogens with one attached hydrogen (secondary N) is 1. The first-order valence-corrected chi connectivity index (χ1v) is 10.6. The molecular formula is C19H22N2O7S. The molecule has 1 aromatic heterocycles. The first-order chi connectivity index (χ1) is 13.5. The van der Waals surface area contributed by atoms with E-state index < -0.39 is 27.3 Å². The van der Waals surface area contributed by atoms with Gasteiger partial charge in [0, 0.05) is 6.07 Å². The highest BCUT2D eigenvalue weighted by Crippen LogP contribution is 2.27. The van der Waals surface area contributed by atoms with E-state index in [4.69, 9.17) is 13.9 Å². The lowest BCUT2D eigenvalue weighted by atomic mass is 10.2. The highest BCUT2D eigenvalue weighted by atomic mass is 32.2. The van der Waals surface area contributed by atoms with Crippen molar-refractivity contribution in [2.75, 3.05) is 5.75 Å². The summed E-state index contributed by atoms with van der Waals surface area (Å²) in [7, 11) is -3.43. The molecule has 1 aliphatic rings. The average molecular weight is 422 g/mol. The zero-order valence-corrected chi connectivity index (χ0v) is 17.3. The van der Waals surface area contributed by atoms with Crippen molar-refractivity contribution in [1.82, 2.24) is 9.88 Å². The Morgan fingerprint density at radius 2 is 2.03 bits per heavy atom. The topological polar surface area (TPSA) is 117 Å². The second-order valence-corrected chi connectivity index (χ2v) is 9.54. The van der Waals surface area contributed by atoms with Gasteiger partial charge in [-0.15, -0.1) is 0 Å². The molecule has 9 nitrogen and oxygen atoms in total.